The summed E-state index contributed by atoms with van der Waals surface area (Å²) >= 11 is 11.9. The van der Waals surface area contributed by atoms with Gasteiger partial charge in [0.15, 0.2) is 11.9 Å². The minimum absolute atomic E-state index is 0.0813. The summed E-state index contributed by atoms with van der Waals surface area (Å²) in [6, 6.07) is 13.9. The van der Waals surface area contributed by atoms with Gasteiger partial charge in [-0.15, -0.1) is 0 Å². The second-order valence-corrected chi connectivity index (χ2v) is 6.98. The number of ether oxygens (including phenoxy) is 1. The van der Waals surface area contributed by atoms with Crippen LogP contribution < -0.4 is 10.6 Å². The summed E-state index contributed by atoms with van der Waals surface area (Å²) < 4.78 is 10.3. The smallest absolute Gasteiger partial charge is 0.341 e. The number of hydrogen-bond acceptors (Lipinski definition) is 5. The Hall–Kier alpha value is -3.29. The predicted molar refractivity (Wildman–Crippen MR) is 113 cm³/mol. The quantitative estimate of drug-likeness (QED) is 0.517. The van der Waals surface area contributed by atoms with Gasteiger partial charge in [-0.1, -0.05) is 35.3 Å². The van der Waals surface area contributed by atoms with Crippen LogP contribution in [0.25, 0.3) is 0 Å². The van der Waals surface area contributed by atoms with Crippen molar-refractivity contribution in [3.8, 4) is 0 Å². The van der Waals surface area contributed by atoms with Gasteiger partial charge in [-0.25, -0.2) is 4.79 Å². The summed E-state index contributed by atoms with van der Waals surface area (Å²) in [4.78, 5) is 37.2. The van der Waals surface area contributed by atoms with E-state index in [1.807, 2.05) is 0 Å². The van der Waals surface area contributed by atoms with Crippen LogP contribution in [0.15, 0.2) is 65.3 Å². The van der Waals surface area contributed by atoms with E-state index in [0.717, 1.165) is 0 Å². The lowest BCUT2D eigenvalue weighted by Gasteiger charge is -2.16. The van der Waals surface area contributed by atoms with Crippen molar-refractivity contribution in [2.45, 2.75) is 13.0 Å². The number of rotatable bonds is 6. The summed E-state index contributed by atoms with van der Waals surface area (Å²) in [7, 11) is 0. The number of esters is 1. The summed E-state index contributed by atoms with van der Waals surface area (Å²) in [6.45, 7) is 1.41. The fourth-order valence-corrected chi connectivity index (χ4v) is 2.80. The molecule has 0 saturated heterocycles. The lowest BCUT2D eigenvalue weighted by Crippen LogP contribution is -2.30. The van der Waals surface area contributed by atoms with E-state index >= 15 is 0 Å². The molecular weight excluding hydrogens is 431 g/mol. The largest absolute Gasteiger partial charge is 0.459 e. The molecule has 0 radical (unpaired) electrons. The van der Waals surface area contributed by atoms with E-state index in [0.29, 0.717) is 10.7 Å². The average Bonchev–Trinajstić information content (AvgIpc) is 3.26. The Morgan fingerprint density at radius 1 is 0.967 bits per heavy atom. The molecule has 30 heavy (non-hydrogen) atoms. The van der Waals surface area contributed by atoms with Gasteiger partial charge in [0.25, 0.3) is 11.8 Å². The van der Waals surface area contributed by atoms with Gasteiger partial charge in [-0.3, -0.25) is 9.59 Å². The third kappa shape index (κ3) is 5.20. The molecule has 2 aromatic carbocycles. The highest BCUT2D eigenvalue weighted by molar-refractivity contribution is 6.35. The topological polar surface area (TPSA) is 97.6 Å². The molecule has 1 heterocycles. The Kier molecular flexibility index (Phi) is 6.76. The van der Waals surface area contributed by atoms with Gasteiger partial charge in [0.05, 0.1) is 28.2 Å². The van der Waals surface area contributed by atoms with Crippen LogP contribution in [0.1, 0.15) is 27.8 Å². The van der Waals surface area contributed by atoms with Crippen LogP contribution in [-0.4, -0.2) is 23.9 Å². The van der Waals surface area contributed by atoms with Crippen LogP contribution in [0.5, 0.6) is 0 Å². The van der Waals surface area contributed by atoms with Crippen molar-refractivity contribution in [3.05, 3.63) is 82.2 Å². The van der Waals surface area contributed by atoms with Crippen molar-refractivity contribution >= 4 is 52.4 Å². The van der Waals surface area contributed by atoms with Gasteiger partial charge in [0, 0.05) is 5.02 Å². The van der Waals surface area contributed by atoms with E-state index in [-0.39, 0.29) is 22.0 Å². The van der Waals surface area contributed by atoms with Gasteiger partial charge < -0.3 is 19.8 Å². The van der Waals surface area contributed by atoms with Gasteiger partial charge in [0.1, 0.15) is 0 Å². The molecule has 2 N–H and O–H groups in total. The van der Waals surface area contributed by atoms with Crippen LogP contribution in [0, 0.1) is 0 Å². The number of hydrogen-bond donors (Lipinski definition) is 2. The van der Waals surface area contributed by atoms with E-state index in [4.69, 9.17) is 32.4 Å². The summed E-state index contributed by atoms with van der Waals surface area (Å²) in [5.41, 5.74) is 0.593. The number of nitrogens with one attached hydrogen (secondary N) is 2. The van der Waals surface area contributed by atoms with Crippen LogP contribution in [-0.2, 0) is 9.53 Å². The maximum Gasteiger partial charge on any atom is 0.341 e. The molecule has 0 bridgehead atoms. The van der Waals surface area contributed by atoms with Gasteiger partial charge in [-0.2, -0.15) is 0 Å². The Morgan fingerprint density at radius 3 is 2.47 bits per heavy atom. The maximum absolute atomic E-state index is 12.6. The Balaban J connectivity index is 1.68. The summed E-state index contributed by atoms with van der Waals surface area (Å²) in [5.74, 6) is -1.82. The number of benzene rings is 2. The molecule has 3 aromatic rings. The molecule has 1 unspecified atom stereocenters. The molecule has 9 heteroatoms. The van der Waals surface area contributed by atoms with Crippen LogP contribution in [0.3, 0.4) is 0 Å². The number of halogens is 2. The zero-order valence-corrected chi connectivity index (χ0v) is 17.2. The molecule has 0 aliphatic carbocycles. The summed E-state index contributed by atoms with van der Waals surface area (Å²) in [5, 5.41) is 5.82. The van der Waals surface area contributed by atoms with Crippen LogP contribution in [0.4, 0.5) is 11.4 Å². The van der Waals surface area contributed by atoms with Gasteiger partial charge in [0.2, 0.25) is 0 Å². The number of anilines is 2. The average molecular weight is 447 g/mol. The van der Waals surface area contributed by atoms with Crippen molar-refractivity contribution in [1.29, 1.82) is 0 Å². The molecule has 3 rings (SSSR count). The Labute approximate surface area is 181 Å². The van der Waals surface area contributed by atoms with Crippen molar-refractivity contribution in [3.63, 3.8) is 0 Å². The zero-order chi connectivity index (χ0) is 21.7. The molecule has 1 aromatic heterocycles. The van der Waals surface area contributed by atoms with Gasteiger partial charge in [-0.05, 0) is 49.4 Å². The molecule has 0 spiro atoms. The van der Waals surface area contributed by atoms with E-state index < -0.39 is 23.9 Å². The van der Waals surface area contributed by atoms with E-state index in [1.165, 1.54) is 43.5 Å². The number of carbonyl (C=O) groups is 3. The fourth-order valence-electron chi connectivity index (χ4n) is 2.47. The van der Waals surface area contributed by atoms with E-state index in [9.17, 15) is 14.4 Å². The Morgan fingerprint density at radius 2 is 1.73 bits per heavy atom. The first-order chi connectivity index (χ1) is 14.3. The molecule has 0 saturated carbocycles. The minimum Gasteiger partial charge on any atom is -0.459 e. The highest BCUT2D eigenvalue weighted by Gasteiger charge is 2.22. The first kappa shape index (κ1) is 21.4. The third-order valence-corrected chi connectivity index (χ3v) is 4.54. The molecule has 0 aliphatic heterocycles. The first-order valence-corrected chi connectivity index (χ1v) is 9.51. The lowest BCUT2D eigenvalue weighted by atomic mass is 10.1. The molecule has 2 amide bonds. The normalized spacial score (nSPS) is 11.4. The molecule has 7 nitrogen and oxygen atoms in total. The predicted octanol–water partition coefficient (Wildman–Crippen LogP) is 5.02. The molecule has 0 aliphatic rings. The second-order valence-electron chi connectivity index (χ2n) is 6.14. The third-order valence-electron chi connectivity index (χ3n) is 3.98. The number of para-hydroxylation sites is 1. The molecule has 1 atom stereocenters. The van der Waals surface area contributed by atoms with Crippen LogP contribution in [0.2, 0.25) is 10.0 Å². The maximum atomic E-state index is 12.6. The van der Waals surface area contributed by atoms with Crippen molar-refractivity contribution in [2.24, 2.45) is 0 Å². The van der Waals surface area contributed by atoms with E-state index in [2.05, 4.69) is 10.6 Å². The van der Waals surface area contributed by atoms with Crippen LogP contribution >= 0.6 is 23.2 Å². The minimum atomic E-state index is -1.14. The zero-order valence-electron chi connectivity index (χ0n) is 15.6. The van der Waals surface area contributed by atoms with Gasteiger partial charge >= 0.3 is 5.97 Å². The van der Waals surface area contributed by atoms with Crippen molar-refractivity contribution in [2.75, 3.05) is 10.6 Å². The highest BCUT2D eigenvalue weighted by Crippen LogP contribution is 2.26. The number of amides is 2. The number of carbonyl (C=O) groups excluding carboxylic acids is 3. The lowest BCUT2D eigenvalue weighted by molar-refractivity contribution is -0.123. The highest BCUT2D eigenvalue weighted by atomic mass is 35.5. The van der Waals surface area contributed by atoms with E-state index in [1.54, 1.807) is 24.3 Å². The van der Waals surface area contributed by atoms with Crippen molar-refractivity contribution in [1.82, 2.24) is 0 Å². The second kappa shape index (κ2) is 9.47. The first-order valence-electron chi connectivity index (χ1n) is 8.76. The summed E-state index contributed by atoms with van der Waals surface area (Å²) in [6.07, 6.45) is 0.225. The SMILES string of the molecule is CC(OC(=O)c1ccccc1NC(=O)c1ccco1)C(=O)Nc1cc(Cl)ccc1Cl. The Bertz CT molecular complexity index is 1080. The molecule has 0 fully saturated rings. The molecule has 154 valence electrons. The fraction of sp³-hybridized carbons (Fsp3) is 0.0952. The monoisotopic (exact) mass is 446 g/mol. The number of furan rings is 1. The standard InChI is InChI=1S/C21H16Cl2N2O5/c1-12(19(26)25-17-11-13(22)8-9-15(17)23)30-21(28)14-5-2-3-6-16(14)24-20(27)18-7-4-10-29-18/h2-12H,1H3,(H,24,27)(H,25,26). The molecular formula is C21H16Cl2N2O5. The van der Waals surface area contributed by atoms with Crippen molar-refractivity contribution < 1.29 is 23.5 Å².